The van der Waals surface area contributed by atoms with Gasteiger partial charge < -0.3 is 15.5 Å². The Morgan fingerprint density at radius 2 is 1.62 bits per heavy atom. The molecule has 172 valence electrons. The minimum absolute atomic E-state index is 0.0328. The topological polar surface area (TPSA) is 64.7 Å². The van der Waals surface area contributed by atoms with Crippen LogP contribution in [0.4, 0.5) is 23.7 Å². The van der Waals surface area contributed by atoms with Crippen molar-refractivity contribution >= 4 is 17.6 Å². The number of urea groups is 1. The van der Waals surface area contributed by atoms with E-state index in [4.69, 9.17) is 0 Å². The first-order valence-corrected chi connectivity index (χ1v) is 10.5. The second-order valence-electron chi connectivity index (χ2n) is 7.76. The molecule has 9 heteroatoms. The molecule has 6 nitrogen and oxygen atoms in total. The van der Waals surface area contributed by atoms with E-state index in [-0.39, 0.29) is 18.3 Å². The molecule has 3 amide bonds. The molecule has 0 spiro atoms. The third-order valence-electron chi connectivity index (χ3n) is 5.47. The summed E-state index contributed by atoms with van der Waals surface area (Å²) >= 11 is 0. The minimum atomic E-state index is -4.54. The largest absolute Gasteiger partial charge is 0.418 e. The molecule has 2 aromatic carbocycles. The molecular formula is C23H27F3N4O2. The van der Waals surface area contributed by atoms with E-state index in [0.717, 1.165) is 12.5 Å². The Kier molecular flexibility index (Phi) is 7.74. The number of para-hydroxylation sites is 1. The molecular weight excluding hydrogens is 421 g/mol. The normalized spacial score (nSPS) is 14.8. The van der Waals surface area contributed by atoms with Gasteiger partial charge in [-0.2, -0.15) is 13.2 Å². The number of amides is 3. The first-order valence-electron chi connectivity index (χ1n) is 10.5. The molecule has 1 aliphatic rings. The van der Waals surface area contributed by atoms with Crippen LogP contribution >= 0.6 is 0 Å². The van der Waals surface area contributed by atoms with Crippen molar-refractivity contribution in [1.29, 1.82) is 0 Å². The minimum Gasteiger partial charge on any atom is -0.338 e. The maximum Gasteiger partial charge on any atom is 0.418 e. The van der Waals surface area contributed by atoms with Crippen LogP contribution in [0.2, 0.25) is 0 Å². The third kappa shape index (κ3) is 6.46. The summed E-state index contributed by atoms with van der Waals surface area (Å²) in [5.74, 6) is -0.516. The Hall–Kier alpha value is -3.07. The third-order valence-corrected chi connectivity index (χ3v) is 5.47. The molecule has 1 saturated heterocycles. The molecule has 0 saturated carbocycles. The summed E-state index contributed by atoms with van der Waals surface area (Å²) in [5, 5.41) is 5.27. The number of piperazine rings is 1. The average Bonchev–Trinajstić information content (AvgIpc) is 2.75. The number of nitrogens with one attached hydrogen (secondary N) is 2. The zero-order valence-electron chi connectivity index (χ0n) is 17.9. The van der Waals surface area contributed by atoms with Gasteiger partial charge in [0.05, 0.1) is 17.8 Å². The molecule has 3 rings (SSSR count). The van der Waals surface area contributed by atoms with Gasteiger partial charge >= 0.3 is 12.2 Å². The van der Waals surface area contributed by atoms with E-state index < -0.39 is 17.6 Å². The van der Waals surface area contributed by atoms with Crippen molar-refractivity contribution in [2.45, 2.75) is 19.5 Å². The summed E-state index contributed by atoms with van der Waals surface area (Å²) in [6.45, 7) is 4.37. The van der Waals surface area contributed by atoms with Gasteiger partial charge in [-0.1, -0.05) is 36.4 Å². The smallest absolute Gasteiger partial charge is 0.338 e. The molecule has 1 heterocycles. The van der Waals surface area contributed by atoms with Crippen LogP contribution in [0.1, 0.15) is 16.7 Å². The fraction of sp³-hybridized carbons (Fsp3) is 0.391. The molecule has 2 N–H and O–H groups in total. The van der Waals surface area contributed by atoms with Crippen molar-refractivity contribution in [3.63, 3.8) is 0 Å². The highest BCUT2D eigenvalue weighted by molar-refractivity contribution is 5.93. The number of halogens is 3. The highest BCUT2D eigenvalue weighted by atomic mass is 19.4. The summed E-state index contributed by atoms with van der Waals surface area (Å²) in [4.78, 5) is 28.2. The molecule has 32 heavy (non-hydrogen) atoms. The van der Waals surface area contributed by atoms with Crippen LogP contribution in [-0.4, -0.2) is 61.0 Å². The van der Waals surface area contributed by atoms with Crippen LogP contribution in [0.25, 0.3) is 0 Å². The van der Waals surface area contributed by atoms with Crippen molar-refractivity contribution in [3.8, 4) is 0 Å². The van der Waals surface area contributed by atoms with Crippen LogP contribution in [0.5, 0.6) is 0 Å². The van der Waals surface area contributed by atoms with Crippen LogP contribution in [-0.2, 0) is 17.4 Å². The Balaban J connectivity index is 1.41. The second-order valence-corrected chi connectivity index (χ2v) is 7.76. The summed E-state index contributed by atoms with van der Waals surface area (Å²) in [5.41, 5.74) is 1.25. The Labute approximate surface area is 185 Å². The zero-order valence-corrected chi connectivity index (χ0v) is 17.9. The van der Waals surface area contributed by atoms with Gasteiger partial charge in [0.15, 0.2) is 0 Å². The lowest BCUT2D eigenvalue weighted by molar-refractivity contribution is -0.137. The predicted molar refractivity (Wildman–Crippen MR) is 116 cm³/mol. The van der Waals surface area contributed by atoms with Crippen LogP contribution in [0, 0.1) is 6.92 Å². The fourth-order valence-electron chi connectivity index (χ4n) is 3.65. The van der Waals surface area contributed by atoms with Crippen molar-refractivity contribution in [3.05, 3.63) is 65.2 Å². The Morgan fingerprint density at radius 1 is 0.969 bits per heavy atom. The van der Waals surface area contributed by atoms with Crippen molar-refractivity contribution in [1.82, 2.24) is 15.1 Å². The molecule has 0 atom stereocenters. The van der Waals surface area contributed by atoms with E-state index >= 15 is 0 Å². The number of rotatable bonds is 6. The Bertz CT molecular complexity index is 941. The van der Waals surface area contributed by atoms with Crippen molar-refractivity contribution < 1.29 is 22.8 Å². The van der Waals surface area contributed by atoms with E-state index in [1.807, 2.05) is 36.1 Å². The molecule has 0 radical (unpaired) electrons. The maximum absolute atomic E-state index is 13.1. The first kappa shape index (κ1) is 23.6. The standard InChI is InChI=1S/C23H27F3N4O2/c1-17-6-2-3-7-18(17)10-11-27-22(32)30-14-12-29(13-15-30)16-21(31)28-20-9-5-4-8-19(20)23(24,25)26/h2-9H,10-16H2,1H3,(H,27,32)(H,28,31). The van der Waals surface area contributed by atoms with E-state index in [0.29, 0.717) is 32.7 Å². The summed E-state index contributed by atoms with van der Waals surface area (Å²) < 4.78 is 39.2. The second kappa shape index (κ2) is 10.5. The number of hydrogen-bond donors (Lipinski definition) is 2. The first-order chi connectivity index (χ1) is 15.2. The Morgan fingerprint density at radius 3 is 2.31 bits per heavy atom. The lowest BCUT2D eigenvalue weighted by Gasteiger charge is -2.34. The van der Waals surface area contributed by atoms with Gasteiger partial charge in [-0.15, -0.1) is 0 Å². The van der Waals surface area contributed by atoms with Gasteiger partial charge in [0.25, 0.3) is 0 Å². The molecule has 1 aliphatic heterocycles. The monoisotopic (exact) mass is 448 g/mol. The summed E-state index contributed by atoms with van der Waals surface area (Å²) in [6, 6.07) is 12.8. The molecule has 0 aromatic heterocycles. The van der Waals surface area contributed by atoms with Gasteiger partial charge in [-0.25, -0.2) is 4.79 Å². The number of hydrogen-bond acceptors (Lipinski definition) is 3. The number of carbonyl (C=O) groups is 2. The molecule has 0 aliphatic carbocycles. The predicted octanol–water partition coefficient (Wildman–Crippen LogP) is 3.52. The van der Waals surface area contributed by atoms with Crippen LogP contribution in [0.15, 0.2) is 48.5 Å². The van der Waals surface area contributed by atoms with Crippen LogP contribution < -0.4 is 10.6 Å². The molecule has 0 unspecified atom stereocenters. The number of anilines is 1. The highest BCUT2D eigenvalue weighted by Gasteiger charge is 2.33. The number of aryl methyl sites for hydroxylation is 1. The maximum atomic E-state index is 13.1. The number of benzene rings is 2. The average molecular weight is 448 g/mol. The van der Waals surface area contributed by atoms with Gasteiger partial charge in [0.2, 0.25) is 5.91 Å². The summed E-state index contributed by atoms with van der Waals surface area (Å²) in [7, 11) is 0. The zero-order chi connectivity index (χ0) is 23.1. The fourth-order valence-corrected chi connectivity index (χ4v) is 3.65. The van der Waals surface area contributed by atoms with Crippen LogP contribution in [0.3, 0.4) is 0 Å². The van der Waals surface area contributed by atoms with E-state index in [2.05, 4.69) is 10.6 Å². The quantitative estimate of drug-likeness (QED) is 0.711. The van der Waals surface area contributed by atoms with Gasteiger partial charge in [0.1, 0.15) is 0 Å². The van der Waals surface area contributed by atoms with Crippen molar-refractivity contribution in [2.24, 2.45) is 0 Å². The number of nitrogens with zero attached hydrogens (tertiary/aromatic N) is 2. The highest BCUT2D eigenvalue weighted by Crippen LogP contribution is 2.34. The van der Waals surface area contributed by atoms with Gasteiger partial charge in [0, 0.05) is 32.7 Å². The van der Waals surface area contributed by atoms with E-state index in [1.54, 1.807) is 4.90 Å². The lowest BCUT2D eigenvalue weighted by Crippen LogP contribution is -2.53. The number of alkyl halides is 3. The molecule has 1 fully saturated rings. The van der Waals surface area contributed by atoms with E-state index in [9.17, 15) is 22.8 Å². The molecule has 0 bridgehead atoms. The summed E-state index contributed by atoms with van der Waals surface area (Å²) in [6.07, 6.45) is -3.79. The van der Waals surface area contributed by atoms with Gasteiger partial charge in [-0.05, 0) is 36.6 Å². The van der Waals surface area contributed by atoms with E-state index in [1.165, 1.54) is 29.3 Å². The van der Waals surface area contributed by atoms with Gasteiger partial charge in [-0.3, -0.25) is 9.69 Å². The number of carbonyl (C=O) groups excluding carboxylic acids is 2. The SMILES string of the molecule is Cc1ccccc1CCNC(=O)N1CCN(CC(=O)Nc2ccccc2C(F)(F)F)CC1. The lowest BCUT2D eigenvalue weighted by atomic mass is 10.1. The molecule has 2 aromatic rings. The van der Waals surface area contributed by atoms with Crippen molar-refractivity contribution in [2.75, 3.05) is 44.6 Å².